The minimum absolute atomic E-state index is 0.0427. The van der Waals surface area contributed by atoms with E-state index in [1.165, 1.54) is 11.1 Å². The van der Waals surface area contributed by atoms with E-state index in [2.05, 4.69) is 24.3 Å². The van der Waals surface area contributed by atoms with Crippen molar-refractivity contribution in [2.24, 2.45) is 5.73 Å². The van der Waals surface area contributed by atoms with E-state index in [1.807, 2.05) is 30.3 Å². The van der Waals surface area contributed by atoms with Crippen molar-refractivity contribution < 1.29 is 4.74 Å². The Morgan fingerprint density at radius 1 is 0.947 bits per heavy atom. The van der Waals surface area contributed by atoms with Crippen molar-refractivity contribution in [2.75, 3.05) is 0 Å². The van der Waals surface area contributed by atoms with Crippen LogP contribution in [0.2, 0.25) is 0 Å². The van der Waals surface area contributed by atoms with Crippen molar-refractivity contribution in [3.8, 4) is 5.75 Å². The first-order valence-electron chi connectivity index (χ1n) is 6.90. The van der Waals surface area contributed by atoms with Gasteiger partial charge in [-0.15, -0.1) is 0 Å². The number of fused-ring (bicyclic) bond motifs is 1. The normalized spacial score (nSPS) is 22.4. The lowest BCUT2D eigenvalue weighted by atomic mass is 9.98. The maximum Gasteiger partial charge on any atom is 0.119 e. The molecule has 2 N–H and O–H groups in total. The van der Waals surface area contributed by atoms with Crippen molar-refractivity contribution in [2.45, 2.75) is 31.4 Å². The first-order chi connectivity index (χ1) is 9.34. The zero-order valence-corrected chi connectivity index (χ0v) is 11.0. The molecule has 0 saturated heterocycles. The number of hydrogen-bond donors (Lipinski definition) is 1. The minimum Gasteiger partial charge on any atom is -0.488 e. The first-order valence-corrected chi connectivity index (χ1v) is 6.90. The molecule has 19 heavy (non-hydrogen) atoms. The SMILES string of the molecule is NC1c2ccccc2CCCC1Oc1ccccc1. The van der Waals surface area contributed by atoms with Gasteiger partial charge in [-0.05, 0) is 42.5 Å². The number of para-hydroxylation sites is 1. The molecule has 0 heterocycles. The van der Waals surface area contributed by atoms with Gasteiger partial charge >= 0.3 is 0 Å². The molecule has 0 fully saturated rings. The maximum atomic E-state index is 6.41. The summed E-state index contributed by atoms with van der Waals surface area (Å²) in [7, 11) is 0. The van der Waals surface area contributed by atoms with Gasteiger partial charge in [0.05, 0.1) is 6.04 Å². The summed E-state index contributed by atoms with van der Waals surface area (Å²) >= 11 is 0. The second-order valence-electron chi connectivity index (χ2n) is 5.09. The molecule has 0 bridgehead atoms. The molecule has 1 aliphatic rings. The van der Waals surface area contributed by atoms with Crippen molar-refractivity contribution in [1.29, 1.82) is 0 Å². The number of rotatable bonds is 2. The summed E-state index contributed by atoms with van der Waals surface area (Å²) in [5.74, 6) is 0.905. The van der Waals surface area contributed by atoms with Crippen LogP contribution >= 0.6 is 0 Å². The van der Waals surface area contributed by atoms with Gasteiger partial charge in [-0.2, -0.15) is 0 Å². The Balaban J connectivity index is 1.84. The lowest BCUT2D eigenvalue weighted by molar-refractivity contribution is 0.162. The Bertz CT molecular complexity index is 538. The summed E-state index contributed by atoms with van der Waals surface area (Å²) in [6.07, 6.45) is 3.29. The van der Waals surface area contributed by atoms with E-state index in [0.29, 0.717) is 0 Å². The van der Waals surface area contributed by atoms with Gasteiger partial charge in [-0.25, -0.2) is 0 Å². The van der Waals surface area contributed by atoms with Crippen LogP contribution in [0.4, 0.5) is 0 Å². The van der Waals surface area contributed by atoms with Crippen molar-refractivity contribution >= 4 is 0 Å². The van der Waals surface area contributed by atoms with E-state index in [1.54, 1.807) is 0 Å². The molecule has 0 aromatic heterocycles. The molecule has 0 amide bonds. The molecule has 2 unspecified atom stereocenters. The Labute approximate surface area is 114 Å². The molecule has 2 nitrogen and oxygen atoms in total. The van der Waals surface area contributed by atoms with Gasteiger partial charge in [0.1, 0.15) is 11.9 Å². The fourth-order valence-electron chi connectivity index (χ4n) is 2.77. The highest BCUT2D eigenvalue weighted by molar-refractivity contribution is 5.32. The molecule has 2 heteroatoms. The van der Waals surface area contributed by atoms with Gasteiger partial charge in [-0.3, -0.25) is 0 Å². The van der Waals surface area contributed by atoms with Crippen molar-refractivity contribution in [1.82, 2.24) is 0 Å². The molecule has 0 aliphatic heterocycles. The third-order valence-electron chi connectivity index (χ3n) is 3.78. The van der Waals surface area contributed by atoms with Crippen LogP contribution in [0.3, 0.4) is 0 Å². The topological polar surface area (TPSA) is 35.2 Å². The molecule has 0 spiro atoms. The monoisotopic (exact) mass is 253 g/mol. The zero-order valence-electron chi connectivity index (χ0n) is 11.0. The van der Waals surface area contributed by atoms with Gasteiger partial charge in [-0.1, -0.05) is 42.5 Å². The quantitative estimate of drug-likeness (QED) is 0.832. The van der Waals surface area contributed by atoms with Gasteiger partial charge in [0.15, 0.2) is 0 Å². The predicted octanol–water partition coefficient (Wildman–Crippen LogP) is 3.47. The number of hydrogen-bond acceptors (Lipinski definition) is 2. The fourth-order valence-corrected chi connectivity index (χ4v) is 2.77. The van der Waals surface area contributed by atoms with E-state index in [9.17, 15) is 0 Å². The highest BCUT2D eigenvalue weighted by Gasteiger charge is 2.25. The van der Waals surface area contributed by atoms with Crippen LogP contribution in [0.15, 0.2) is 54.6 Å². The Hall–Kier alpha value is -1.80. The summed E-state index contributed by atoms with van der Waals surface area (Å²) in [5.41, 5.74) is 9.02. The van der Waals surface area contributed by atoms with Crippen LogP contribution in [0.25, 0.3) is 0 Å². The van der Waals surface area contributed by atoms with Crippen LogP contribution in [-0.4, -0.2) is 6.10 Å². The van der Waals surface area contributed by atoms with Crippen LogP contribution in [0, 0.1) is 0 Å². The average molecular weight is 253 g/mol. The Morgan fingerprint density at radius 3 is 2.53 bits per heavy atom. The smallest absolute Gasteiger partial charge is 0.119 e. The predicted molar refractivity (Wildman–Crippen MR) is 77.2 cm³/mol. The molecular weight excluding hydrogens is 234 g/mol. The Kier molecular flexibility index (Phi) is 3.51. The molecule has 2 atom stereocenters. The second kappa shape index (κ2) is 5.45. The standard InChI is InChI=1S/C17H19NO/c18-17-15-11-5-4-7-13(15)8-6-12-16(17)19-14-9-2-1-3-10-14/h1-5,7,9-11,16-17H,6,8,12,18H2. The first kappa shape index (κ1) is 12.2. The number of ether oxygens (including phenoxy) is 1. The third-order valence-corrected chi connectivity index (χ3v) is 3.78. The van der Waals surface area contributed by atoms with Crippen LogP contribution < -0.4 is 10.5 Å². The maximum absolute atomic E-state index is 6.41. The lowest BCUT2D eigenvalue weighted by Crippen LogP contribution is -2.30. The summed E-state index contributed by atoms with van der Waals surface area (Å²) in [5, 5.41) is 0. The molecule has 3 rings (SSSR count). The van der Waals surface area contributed by atoms with Gasteiger partial charge in [0.25, 0.3) is 0 Å². The third kappa shape index (κ3) is 2.64. The Morgan fingerprint density at radius 2 is 1.68 bits per heavy atom. The van der Waals surface area contributed by atoms with Crippen LogP contribution in [-0.2, 0) is 6.42 Å². The molecule has 0 saturated carbocycles. The van der Waals surface area contributed by atoms with Crippen molar-refractivity contribution in [3.63, 3.8) is 0 Å². The minimum atomic E-state index is -0.0427. The molecule has 0 radical (unpaired) electrons. The van der Waals surface area contributed by atoms with E-state index in [-0.39, 0.29) is 12.1 Å². The average Bonchev–Trinajstić information content (AvgIpc) is 2.61. The molecule has 98 valence electrons. The fraction of sp³-hybridized carbons (Fsp3) is 0.294. The zero-order chi connectivity index (χ0) is 13.1. The van der Waals surface area contributed by atoms with Gasteiger partial charge in [0.2, 0.25) is 0 Å². The summed E-state index contributed by atoms with van der Waals surface area (Å²) in [4.78, 5) is 0. The second-order valence-corrected chi connectivity index (χ2v) is 5.09. The van der Waals surface area contributed by atoms with Crippen molar-refractivity contribution in [3.05, 3.63) is 65.7 Å². The lowest BCUT2D eigenvalue weighted by Gasteiger charge is -2.24. The largest absolute Gasteiger partial charge is 0.488 e. The number of aryl methyl sites for hydroxylation is 1. The summed E-state index contributed by atoms with van der Waals surface area (Å²) in [6, 6.07) is 18.4. The number of nitrogens with two attached hydrogens (primary N) is 1. The van der Waals surface area contributed by atoms with E-state index >= 15 is 0 Å². The van der Waals surface area contributed by atoms with E-state index in [4.69, 9.17) is 10.5 Å². The molecule has 1 aliphatic carbocycles. The van der Waals surface area contributed by atoms with Gasteiger partial charge < -0.3 is 10.5 Å². The van der Waals surface area contributed by atoms with Crippen LogP contribution in [0.5, 0.6) is 5.75 Å². The highest BCUT2D eigenvalue weighted by atomic mass is 16.5. The molecule has 2 aromatic rings. The summed E-state index contributed by atoms with van der Waals surface area (Å²) in [6.45, 7) is 0. The molecular formula is C17H19NO. The van der Waals surface area contributed by atoms with E-state index < -0.39 is 0 Å². The molecule has 2 aromatic carbocycles. The highest BCUT2D eigenvalue weighted by Crippen LogP contribution is 2.29. The van der Waals surface area contributed by atoms with Gasteiger partial charge in [0, 0.05) is 0 Å². The number of benzene rings is 2. The van der Waals surface area contributed by atoms with Crippen LogP contribution in [0.1, 0.15) is 30.0 Å². The summed E-state index contributed by atoms with van der Waals surface area (Å²) < 4.78 is 6.08. The van der Waals surface area contributed by atoms with E-state index in [0.717, 1.165) is 25.0 Å².